The lowest BCUT2D eigenvalue weighted by Crippen LogP contribution is -2.33. The summed E-state index contributed by atoms with van der Waals surface area (Å²) in [4.78, 5) is 24.8. The van der Waals surface area contributed by atoms with E-state index in [0.717, 1.165) is 31.4 Å². The van der Waals surface area contributed by atoms with E-state index in [9.17, 15) is 9.59 Å². The van der Waals surface area contributed by atoms with Gasteiger partial charge < -0.3 is 10.0 Å². The highest BCUT2D eigenvalue weighted by atomic mass is 16.4. The zero-order valence-corrected chi connectivity index (χ0v) is 11.8. The van der Waals surface area contributed by atoms with Crippen LogP contribution in [0.5, 0.6) is 0 Å². The highest BCUT2D eigenvalue weighted by molar-refractivity contribution is 5.78. The molecule has 0 bridgehead atoms. The monoisotopic (exact) mass is 279 g/mol. The molecule has 20 heavy (non-hydrogen) atoms. The fourth-order valence-corrected chi connectivity index (χ4v) is 2.72. The Morgan fingerprint density at radius 3 is 2.85 bits per heavy atom. The second kappa shape index (κ2) is 6.54. The van der Waals surface area contributed by atoms with Gasteiger partial charge in [0.25, 0.3) is 0 Å². The van der Waals surface area contributed by atoms with E-state index in [2.05, 4.69) is 5.10 Å². The van der Waals surface area contributed by atoms with Gasteiger partial charge in [-0.2, -0.15) is 5.10 Å². The van der Waals surface area contributed by atoms with E-state index in [4.69, 9.17) is 5.11 Å². The van der Waals surface area contributed by atoms with Crippen LogP contribution in [0.1, 0.15) is 31.2 Å². The standard InChI is InChI=1S/C14H21N3O3/c1-16-10-12(9-15-16)7-13(18)17-5-2-3-11(4-6-17)8-14(19)20/h9-11H,2-8H2,1H3,(H,19,20)/t11-/m1/s1. The number of amides is 1. The van der Waals surface area contributed by atoms with Crippen LogP contribution >= 0.6 is 0 Å². The number of aryl methyl sites for hydroxylation is 1. The molecule has 0 spiro atoms. The third-order valence-electron chi connectivity index (χ3n) is 3.78. The molecule has 6 nitrogen and oxygen atoms in total. The fourth-order valence-electron chi connectivity index (χ4n) is 2.72. The van der Waals surface area contributed by atoms with Crippen LogP contribution in [-0.4, -0.2) is 44.8 Å². The van der Waals surface area contributed by atoms with Crippen molar-refractivity contribution in [3.63, 3.8) is 0 Å². The first-order valence-corrected chi connectivity index (χ1v) is 7.01. The minimum absolute atomic E-state index is 0.106. The second-order valence-corrected chi connectivity index (χ2v) is 5.47. The molecule has 0 unspecified atom stereocenters. The Morgan fingerprint density at radius 1 is 1.40 bits per heavy atom. The van der Waals surface area contributed by atoms with Crippen LogP contribution in [0.25, 0.3) is 0 Å². The molecule has 0 radical (unpaired) electrons. The van der Waals surface area contributed by atoms with Gasteiger partial charge in [0.05, 0.1) is 12.6 Å². The average Bonchev–Trinajstić information content (AvgIpc) is 2.64. The van der Waals surface area contributed by atoms with Crippen molar-refractivity contribution in [1.29, 1.82) is 0 Å². The molecular weight excluding hydrogens is 258 g/mol. The van der Waals surface area contributed by atoms with Gasteiger partial charge in [-0.3, -0.25) is 14.3 Å². The van der Waals surface area contributed by atoms with E-state index in [1.54, 1.807) is 10.9 Å². The predicted octanol–water partition coefficient (Wildman–Crippen LogP) is 1.07. The van der Waals surface area contributed by atoms with Crippen LogP contribution in [0.15, 0.2) is 12.4 Å². The predicted molar refractivity (Wildman–Crippen MR) is 73.1 cm³/mol. The number of hydrogen-bond acceptors (Lipinski definition) is 3. The fraction of sp³-hybridized carbons (Fsp3) is 0.643. The van der Waals surface area contributed by atoms with Crippen molar-refractivity contribution in [2.75, 3.05) is 13.1 Å². The molecule has 110 valence electrons. The molecule has 6 heteroatoms. The summed E-state index contributed by atoms with van der Waals surface area (Å²) in [6.07, 6.45) is 6.71. The third-order valence-corrected chi connectivity index (χ3v) is 3.78. The van der Waals surface area contributed by atoms with Crippen LogP contribution in [0.2, 0.25) is 0 Å². The van der Waals surface area contributed by atoms with Gasteiger partial charge in [0.1, 0.15) is 0 Å². The van der Waals surface area contributed by atoms with Crippen molar-refractivity contribution in [3.05, 3.63) is 18.0 Å². The van der Waals surface area contributed by atoms with Crippen molar-refractivity contribution in [3.8, 4) is 0 Å². The molecule has 0 aromatic carbocycles. The molecule has 1 amide bonds. The number of likely N-dealkylation sites (tertiary alicyclic amines) is 1. The van der Waals surface area contributed by atoms with Crippen LogP contribution < -0.4 is 0 Å². The molecule has 1 N–H and O–H groups in total. The van der Waals surface area contributed by atoms with Gasteiger partial charge in [0.15, 0.2) is 0 Å². The Kier molecular flexibility index (Phi) is 4.76. The Hall–Kier alpha value is -1.85. The minimum atomic E-state index is -0.745. The molecule has 2 heterocycles. The Morgan fingerprint density at radius 2 is 2.20 bits per heavy atom. The van der Waals surface area contributed by atoms with Crippen molar-refractivity contribution in [1.82, 2.24) is 14.7 Å². The Balaban J connectivity index is 1.86. The maximum Gasteiger partial charge on any atom is 0.303 e. The Bertz CT molecular complexity index is 484. The summed E-state index contributed by atoms with van der Waals surface area (Å²) in [6.45, 7) is 1.40. The lowest BCUT2D eigenvalue weighted by atomic mass is 9.97. The van der Waals surface area contributed by atoms with Gasteiger partial charge in [-0.25, -0.2) is 0 Å². The summed E-state index contributed by atoms with van der Waals surface area (Å²) in [7, 11) is 1.83. The number of aromatic nitrogens is 2. The first-order valence-electron chi connectivity index (χ1n) is 7.01. The molecule has 1 aromatic heterocycles. The van der Waals surface area contributed by atoms with Crippen LogP contribution in [0, 0.1) is 5.92 Å². The zero-order valence-electron chi connectivity index (χ0n) is 11.8. The van der Waals surface area contributed by atoms with Crippen molar-refractivity contribution in [2.24, 2.45) is 13.0 Å². The van der Waals surface area contributed by atoms with Gasteiger partial charge in [0, 0.05) is 32.8 Å². The number of carbonyl (C=O) groups excluding carboxylic acids is 1. The van der Waals surface area contributed by atoms with Gasteiger partial charge >= 0.3 is 5.97 Å². The summed E-state index contributed by atoms with van der Waals surface area (Å²) >= 11 is 0. The second-order valence-electron chi connectivity index (χ2n) is 5.47. The lowest BCUT2D eigenvalue weighted by Gasteiger charge is -2.20. The molecule has 1 fully saturated rings. The molecule has 1 aliphatic rings. The number of nitrogens with zero attached hydrogens (tertiary/aromatic N) is 3. The Labute approximate surface area is 118 Å². The maximum absolute atomic E-state index is 12.2. The summed E-state index contributed by atoms with van der Waals surface area (Å²) in [5, 5.41) is 12.9. The smallest absolute Gasteiger partial charge is 0.303 e. The number of carboxylic acid groups (broad SMARTS) is 1. The maximum atomic E-state index is 12.2. The van der Waals surface area contributed by atoms with E-state index in [1.165, 1.54) is 0 Å². The van der Waals surface area contributed by atoms with Gasteiger partial charge in [-0.15, -0.1) is 0 Å². The van der Waals surface area contributed by atoms with E-state index in [0.29, 0.717) is 13.0 Å². The summed E-state index contributed by atoms with van der Waals surface area (Å²) in [5.74, 6) is -0.442. The molecule has 1 saturated heterocycles. The molecule has 2 rings (SSSR count). The SMILES string of the molecule is Cn1cc(CC(=O)N2CCC[C@@H](CC(=O)O)CC2)cn1. The van der Waals surface area contributed by atoms with Crippen molar-refractivity contribution in [2.45, 2.75) is 32.1 Å². The van der Waals surface area contributed by atoms with Crippen molar-refractivity contribution >= 4 is 11.9 Å². The lowest BCUT2D eigenvalue weighted by molar-refractivity contribution is -0.138. The number of carboxylic acids is 1. The third kappa shape index (κ3) is 4.08. The minimum Gasteiger partial charge on any atom is -0.481 e. The largest absolute Gasteiger partial charge is 0.481 e. The normalized spacial score (nSPS) is 19.6. The van der Waals surface area contributed by atoms with Crippen molar-refractivity contribution < 1.29 is 14.7 Å². The summed E-state index contributed by atoms with van der Waals surface area (Å²) < 4.78 is 1.69. The van der Waals surface area contributed by atoms with Crippen LogP contribution in [-0.2, 0) is 23.1 Å². The van der Waals surface area contributed by atoms with Crippen LogP contribution in [0.4, 0.5) is 0 Å². The summed E-state index contributed by atoms with van der Waals surface area (Å²) in [6, 6.07) is 0. The first kappa shape index (κ1) is 14.6. The first-order chi connectivity index (χ1) is 9.54. The zero-order chi connectivity index (χ0) is 14.5. The molecule has 1 aromatic rings. The quantitative estimate of drug-likeness (QED) is 0.894. The number of aliphatic carboxylic acids is 1. The van der Waals surface area contributed by atoms with E-state index in [-0.39, 0.29) is 18.2 Å². The molecule has 1 atom stereocenters. The average molecular weight is 279 g/mol. The molecular formula is C14H21N3O3. The topological polar surface area (TPSA) is 75.4 Å². The van der Waals surface area contributed by atoms with Gasteiger partial charge in [-0.1, -0.05) is 0 Å². The van der Waals surface area contributed by atoms with Crippen LogP contribution in [0.3, 0.4) is 0 Å². The number of hydrogen-bond donors (Lipinski definition) is 1. The van der Waals surface area contributed by atoms with E-state index in [1.807, 2.05) is 18.1 Å². The van der Waals surface area contributed by atoms with Gasteiger partial charge in [-0.05, 0) is 30.7 Å². The molecule has 0 saturated carbocycles. The molecule has 0 aliphatic carbocycles. The van der Waals surface area contributed by atoms with E-state index >= 15 is 0 Å². The number of carbonyl (C=O) groups is 2. The highest BCUT2D eigenvalue weighted by Gasteiger charge is 2.22. The number of rotatable bonds is 4. The molecule has 1 aliphatic heterocycles. The summed E-state index contributed by atoms with van der Waals surface area (Å²) in [5.41, 5.74) is 0.920. The van der Waals surface area contributed by atoms with Gasteiger partial charge in [0.2, 0.25) is 5.91 Å². The van der Waals surface area contributed by atoms with E-state index < -0.39 is 5.97 Å². The highest BCUT2D eigenvalue weighted by Crippen LogP contribution is 2.21.